The van der Waals surface area contributed by atoms with Crippen molar-refractivity contribution in [3.8, 4) is 0 Å². The quantitative estimate of drug-likeness (QED) is 0.805. The van der Waals surface area contributed by atoms with Crippen LogP contribution in [0.15, 0.2) is 12.1 Å². The summed E-state index contributed by atoms with van der Waals surface area (Å²) < 4.78 is 0. The summed E-state index contributed by atoms with van der Waals surface area (Å²) in [5, 5.41) is 3.45. The Kier molecular flexibility index (Phi) is 5.84. The van der Waals surface area contributed by atoms with Crippen LogP contribution in [0.1, 0.15) is 50.8 Å². The summed E-state index contributed by atoms with van der Waals surface area (Å²) in [6.07, 6.45) is 5.15. The lowest BCUT2D eigenvalue weighted by molar-refractivity contribution is 0.403. The number of aromatic nitrogens is 1. The van der Waals surface area contributed by atoms with Crippen molar-refractivity contribution in [3.05, 3.63) is 23.4 Å². The summed E-state index contributed by atoms with van der Waals surface area (Å²) in [6.45, 7) is 11.0. The monoisotopic (exact) mass is 275 g/mol. The fraction of sp³-hybridized carbons (Fsp3) is 0.706. The first-order valence-electron chi connectivity index (χ1n) is 8.16. The standard InChI is InChI=1S/C17H29N3/c1-4-10-18-12-16-8-9-17(19-14(16)3)20-11-6-7-15(5-2)13-20/h8-9,15,18H,4-7,10-13H2,1-3H3. The third-order valence-corrected chi connectivity index (χ3v) is 4.34. The minimum atomic E-state index is 0.844. The number of pyridine rings is 1. The molecule has 1 unspecified atom stereocenters. The van der Waals surface area contributed by atoms with Crippen molar-refractivity contribution in [2.24, 2.45) is 5.92 Å². The van der Waals surface area contributed by atoms with Crippen molar-refractivity contribution in [3.63, 3.8) is 0 Å². The Bertz CT molecular complexity index is 417. The summed E-state index contributed by atoms with van der Waals surface area (Å²) in [7, 11) is 0. The summed E-state index contributed by atoms with van der Waals surface area (Å²) >= 11 is 0. The lowest BCUT2D eigenvalue weighted by atomic mass is 9.95. The molecule has 3 nitrogen and oxygen atoms in total. The minimum Gasteiger partial charge on any atom is -0.356 e. The van der Waals surface area contributed by atoms with E-state index in [4.69, 9.17) is 4.98 Å². The van der Waals surface area contributed by atoms with Gasteiger partial charge in [0.15, 0.2) is 0 Å². The van der Waals surface area contributed by atoms with E-state index >= 15 is 0 Å². The lowest BCUT2D eigenvalue weighted by Gasteiger charge is -2.33. The van der Waals surface area contributed by atoms with Crippen LogP contribution in [0.25, 0.3) is 0 Å². The maximum atomic E-state index is 4.83. The predicted octanol–water partition coefficient (Wildman–Crippen LogP) is 3.52. The first-order valence-corrected chi connectivity index (χ1v) is 8.16. The summed E-state index contributed by atoms with van der Waals surface area (Å²) in [5.41, 5.74) is 2.50. The SMILES string of the molecule is CCCNCc1ccc(N2CCCC(CC)C2)nc1C. The molecule has 1 aromatic rings. The molecule has 20 heavy (non-hydrogen) atoms. The van der Waals surface area contributed by atoms with E-state index in [9.17, 15) is 0 Å². The minimum absolute atomic E-state index is 0.844. The van der Waals surface area contributed by atoms with E-state index < -0.39 is 0 Å². The molecule has 2 heterocycles. The van der Waals surface area contributed by atoms with E-state index in [1.165, 1.54) is 49.3 Å². The Morgan fingerprint density at radius 1 is 1.35 bits per heavy atom. The van der Waals surface area contributed by atoms with Gasteiger partial charge < -0.3 is 10.2 Å². The van der Waals surface area contributed by atoms with Crippen molar-refractivity contribution in [2.75, 3.05) is 24.5 Å². The smallest absolute Gasteiger partial charge is 0.128 e. The van der Waals surface area contributed by atoms with Gasteiger partial charge in [0.1, 0.15) is 5.82 Å². The molecule has 3 heteroatoms. The van der Waals surface area contributed by atoms with E-state index in [-0.39, 0.29) is 0 Å². The molecule has 0 spiro atoms. The highest BCUT2D eigenvalue weighted by molar-refractivity contribution is 5.42. The van der Waals surface area contributed by atoms with Crippen LogP contribution >= 0.6 is 0 Å². The van der Waals surface area contributed by atoms with Crippen molar-refractivity contribution >= 4 is 5.82 Å². The summed E-state index contributed by atoms with van der Waals surface area (Å²) in [6, 6.07) is 4.45. The summed E-state index contributed by atoms with van der Waals surface area (Å²) in [5.74, 6) is 2.01. The second kappa shape index (κ2) is 7.63. The average Bonchev–Trinajstić information content (AvgIpc) is 2.49. The van der Waals surface area contributed by atoms with Crippen LogP contribution in [-0.4, -0.2) is 24.6 Å². The predicted molar refractivity (Wildman–Crippen MR) is 86.2 cm³/mol. The van der Waals surface area contributed by atoms with Crippen LogP contribution in [0, 0.1) is 12.8 Å². The van der Waals surface area contributed by atoms with Gasteiger partial charge in [0.05, 0.1) is 0 Å². The molecule has 0 bridgehead atoms. The van der Waals surface area contributed by atoms with Crippen molar-refractivity contribution in [2.45, 2.75) is 53.0 Å². The molecule has 1 aromatic heterocycles. The van der Waals surface area contributed by atoms with E-state index in [1.807, 2.05) is 0 Å². The maximum absolute atomic E-state index is 4.83. The van der Waals surface area contributed by atoms with Gasteiger partial charge in [-0.2, -0.15) is 0 Å². The average molecular weight is 275 g/mol. The van der Waals surface area contributed by atoms with E-state index in [0.717, 1.165) is 25.6 Å². The molecule has 1 aliphatic heterocycles. The molecule has 0 amide bonds. The molecule has 1 aliphatic rings. The first kappa shape index (κ1) is 15.3. The van der Waals surface area contributed by atoms with Crippen molar-refractivity contribution in [1.82, 2.24) is 10.3 Å². The Balaban J connectivity index is 2.00. The first-order chi connectivity index (χ1) is 9.74. The second-order valence-electron chi connectivity index (χ2n) is 5.95. The molecule has 1 saturated heterocycles. The van der Waals surface area contributed by atoms with Crippen LogP contribution in [0.3, 0.4) is 0 Å². The van der Waals surface area contributed by atoms with Gasteiger partial charge >= 0.3 is 0 Å². The molecule has 0 radical (unpaired) electrons. The van der Waals surface area contributed by atoms with Crippen LogP contribution in [-0.2, 0) is 6.54 Å². The van der Waals surface area contributed by atoms with E-state index in [2.05, 4.69) is 43.1 Å². The number of aryl methyl sites for hydroxylation is 1. The molecule has 112 valence electrons. The normalized spacial score (nSPS) is 19.4. The van der Waals surface area contributed by atoms with Crippen LogP contribution in [0.5, 0.6) is 0 Å². The molecule has 1 atom stereocenters. The van der Waals surface area contributed by atoms with Gasteiger partial charge in [0.2, 0.25) is 0 Å². The van der Waals surface area contributed by atoms with Crippen LogP contribution in [0.2, 0.25) is 0 Å². The molecular weight excluding hydrogens is 246 g/mol. The third-order valence-electron chi connectivity index (χ3n) is 4.34. The number of nitrogens with zero attached hydrogens (tertiary/aromatic N) is 2. The van der Waals surface area contributed by atoms with E-state index in [1.54, 1.807) is 0 Å². The Labute approximate surface area is 123 Å². The fourth-order valence-electron chi connectivity index (χ4n) is 2.95. The Hall–Kier alpha value is -1.09. The van der Waals surface area contributed by atoms with Gasteiger partial charge in [0, 0.05) is 25.3 Å². The maximum Gasteiger partial charge on any atom is 0.128 e. The topological polar surface area (TPSA) is 28.2 Å². The van der Waals surface area contributed by atoms with Crippen LogP contribution in [0.4, 0.5) is 5.82 Å². The Morgan fingerprint density at radius 2 is 2.20 bits per heavy atom. The number of hydrogen-bond acceptors (Lipinski definition) is 3. The molecule has 1 N–H and O–H groups in total. The van der Waals surface area contributed by atoms with Gasteiger partial charge in [0.25, 0.3) is 0 Å². The molecule has 0 saturated carbocycles. The second-order valence-corrected chi connectivity index (χ2v) is 5.95. The van der Waals surface area contributed by atoms with Gasteiger partial charge in [-0.1, -0.05) is 26.3 Å². The summed E-state index contributed by atoms with van der Waals surface area (Å²) in [4.78, 5) is 7.30. The largest absolute Gasteiger partial charge is 0.356 e. The number of anilines is 1. The zero-order valence-electron chi connectivity index (χ0n) is 13.3. The van der Waals surface area contributed by atoms with Crippen molar-refractivity contribution < 1.29 is 0 Å². The zero-order valence-corrected chi connectivity index (χ0v) is 13.3. The van der Waals surface area contributed by atoms with Gasteiger partial charge in [-0.25, -0.2) is 4.98 Å². The number of nitrogens with one attached hydrogen (secondary N) is 1. The van der Waals surface area contributed by atoms with Gasteiger partial charge in [-0.05, 0) is 50.3 Å². The fourth-order valence-corrected chi connectivity index (χ4v) is 2.95. The number of piperidine rings is 1. The van der Waals surface area contributed by atoms with Gasteiger partial charge in [-0.3, -0.25) is 0 Å². The highest BCUT2D eigenvalue weighted by atomic mass is 15.2. The molecule has 1 fully saturated rings. The molecule has 0 aromatic carbocycles. The molecule has 0 aliphatic carbocycles. The van der Waals surface area contributed by atoms with Crippen molar-refractivity contribution in [1.29, 1.82) is 0 Å². The highest BCUT2D eigenvalue weighted by Crippen LogP contribution is 2.24. The van der Waals surface area contributed by atoms with Crippen LogP contribution < -0.4 is 10.2 Å². The Morgan fingerprint density at radius 3 is 2.90 bits per heavy atom. The third kappa shape index (κ3) is 3.95. The molecular formula is C17H29N3. The van der Waals surface area contributed by atoms with E-state index in [0.29, 0.717) is 0 Å². The zero-order chi connectivity index (χ0) is 14.4. The highest BCUT2D eigenvalue weighted by Gasteiger charge is 2.19. The molecule has 2 rings (SSSR count). The lowest BCUT2D eigenvalue weighted by Crippen LogP contribution is -2.35. The number of hydrogen-bond donors (Lipinski definition) is 1. The van der Waals surface area contributed by atoms with Gasteiger partial charge in [-0.15, -0.1) is 0 Å². The number of rotatable bonds is 6.